The summed E-state index contributed by atoms with van der Waals surface area (Å²) in [6.07, 6.45) is 9.57. The van der Waals surface area contributed by atoms with Crippen molar-refractivity contribution in [2.24, 2.45) is 0 Å². The quantitative estimate of drug-likeness (QED) is 0.851. The molecule has 0 bridgehead atoms. The molecule has 2 aliphatic rings. The minimum Gasteiger partial charge on any atom is -0.387 e. The molecule has 1 heterocycles. The summed E-state index contributed by atoms with van der Waals surface area (Å²) < 4.78 is 5.90. The first-order valence-corrected chi connectivity index (χ1v) is 9.31. The van der Waals surface area contributed by atoms with Crippen LogP contribution < -0.4 is 0 Å². The molecule has 3 nitrogen and oxygen atoms in total. The lowest BCUT2D eigenvalue weighted by Gasteiger charge is -2.29. The molecule has 0 radical (unpaired) electrons. The van der Waals surface area contributed by atoms with Crippen LogP contribution in [0.4, 0.5) is 0 Å². The monoisotopic (exact) mass is 317 g/mol. The Balaban J connectivity index is 1.83. The molecular formula is C20H31NO2. The number of rotatable bonds is 4. The van der Waals surface area contributed by atoms with Crippen molar-refractivity contribution < 1.29 is 9.84 Å². The lowest BCUT2D eigenvalue weighted by atomic mass is 9.82. The molecule has 0 aromatic carbocycles. The number of aliphatic hydroxyl groups excluding tert-OH is 1. The summed E-state index contributed by atoms with van der Waals surface area (Å²) in [7, 11) is 0. The maximum atomic E-state index is 10.4. The Bertz CT molecular complexity index is 560. The van der Waals surface area contributed by atoms with Gasteiger partial charge in [-0.15, -0.1) is 0 Å². The maximum Gasteiger partial charge on any atom is 0.0962 e. The number of ether oxygens (including phenoxy) is 1. The van der Waals surface area contributed by atoms with E-state index in [0.717, 1.165) is 50.8 Å². The van der Waals surface area contributed by atoms with Crippen molar-refractivity contribution in [2.45, 2.75) is 90.3 Å². The average molecular weight is 317 g/mol. The molecule has 1 N–H and O–H groups in total. The maximum absolute atomic E-state index is 10.4. The van der Waals surface area contributed by atoms with Gasteiger partial charge in [-0.3, -0.25) is 4.98 Å². The lowest BCUT2D eigenvalue weighted by Crippen LogP contribution is -2.22. The zero-order valence-electron chi connectivity index (χ0n) is 15.0. The third kappa shape index (κ3) is 3.95. The molecule has 0 spiro atoms. The van der Waals surface area contributed by atoms with Gasteiger partial charge in [-0.05, 0) is 95.2 Å². The van der Waals surface area contributed by atoms with Crippen LogP contribution in [0.15, 0.2) is 0 Å². The van der Waals surface area contributed by atoms with Crippen molar-refractivity contribution in [3.63, 3.8) is 0 Å². The third-order valence-corrected chi connectivity index (χ3v) is 5.06. The van der Waals surface area contributed by atoms with E-state index in [2.05, 4.69) is 20.8 Å². The van der Waals surface area contributed by atoms with Crippen molar-refractivity contribution in [1.29, 1.82) is 0 Å². The predicted octanol–water partition coefficient (Wildman–Crippen LogP) is 4.08. The van der Waals surface area contributed by atoms with Crippen molar-refractivity contribution >= 4 is 0 Å². The Kier molecular flexibility index (Phi) is 5.07. The molecule has 23 heavy (non-hydrogen) atoms. The predicted molar refractivity (Wildman–Crippen MR) is 92.8 cm³/mol. The summed E-state index contributed by atoms with van der Waals surface area (Å²) in [4.78, 5) is 4.88. The molecule has 3 rings (SSSR count). The number of fused-ring (bicyclic) bond motifs is 2. The van der Waals surface area contributed by atoms with Gasteiger partial charge in [0.1, 0.15) is 0 Å². The van der Waals surface area contributed by atoms with E-state index in [1.54, 1.807) is 0 Å². The van der Waals surface area contributed by atoms with E-state index in [1.165, 1.54) is 41.6 Å². The first-order valence-electron chi connectivity index (χ1n) is 9.31. The second-order valence-corrected chi connectivity index (χ2v) is 8.06. The Labute approximate surface area is 140 Å². The molecule has 1 aromatic rings. The number of aryl methyl sites for hydroxylation is 1. The summed E-state index contributed by atoms with van der Waals surface area (Å²) in [5, 5.41) is 10.4. The summed E-state index contributed by atoms with van der Waals surface area (Å²) in [5.74, 6) is 0. The molecular weight excluding hydrogens is 286 g/mol. The first kappa shape index (κ1) is 16.9. The number of nitrogens with zero attached hydrogens (tertiary/aromatic N) is 1. The Hall–Kier alpha value is -0.930. The van der Waals surface area contributed by atoms with Crippen LogP contribution in [-0.2, 0) is 30.4 Å². The van der Waals surface area contributed by atoms with Gasteiger partial charge in [0.2, 0.25) is 0 Å². The largest absolute Gasteiger partial charge is 0.387 e. The zero-order chi connectivity index (χ0) is 16.4. The summed E-state index contributed by atoms with van der Waals surface area (Å²) in [6.45, 7) is 7.14. The Morgan fingerprint density at radius 1 is 1.09 bits per heavy atom. The van der Waals surface area contributed by atoms with E-state index in [0.29, 0.717) is 0 Å². The summed E-state index contributed by atoms with van der Waals surface area (Å²) >= 11 is 0. The molecule has 0 fully saturated rings. The minimum absolute atomic E-state index is 0.0622. The molecule has 1 unspecified atom stereocenters. The molecule has 128 valence electrons. The molecule has 0 saturated carbocycles. The van der Waals surface area contributed by atoms with Gasteiger partial charge in [-0.25, -0.2) is 0 Å². The summed E-state index contributed by atoms with van der Waals surface area (Å²) in [5.41, 5.74) is 6.56. The molecule has 0 aliphatic heterocycles. The van der Waals surface area contributed by atoms with E-state index < -0.39 is 0 Å². The van der Waals surface area contributed by atoms with Crippen LogP contribution >= 0.6 is 0 Å². The Morgan fingerprint density at radius 3 is 2.61 bits per heavy atom. The van der Waals surface area contributed by atoms with Gasteiger partial charge in [-0.2, -0.15) is 0 Å². The van der Waals surface area contributed by atoms with Gasteiger partial charge in [0.05, 0.1) is 17.4 Å². The molecule has 0 saturated heterocycles. The smallest absolute Gasteiger partial charge is 0.0962 e. The van der Waals surface area contributed by atoms with Crippen LogP contribution in [0.3, 0.4) is 0 Å². The molecule has 1 aromatic heterocycles. The zero-order valence-corrected chi connectivity index (χ0v) is 15.0. The fraction of sp³-hybridized carbons (Fsp3) is 0.750. The molecule has 0 amide bonds. The SMILES string of the molecule is CC(C)(C)OCCCc1c2c(nc3c1CCCC3O)CCCC2. The van der Waals surface area contributed by atoms with Crippen LogP contribution in [0.25, 0.3) is 0 Å². The topological polar surface area (TPSA) is 42.4 Å². The highest BCUT2D eigenvalue weighted by molar-refractivity contribution is 5.44. The van der Waals surface area contributed by atoms with Gasteiger partial charge in [0.15, 0.2) is 0 Å². The van der Waals surface area contributed by atoms with Gasteiger partial charge in [0, 0.05) is 12.3 Å². The fourth-order valence-corrected chi connectivity index (χ4v) is 3.98. The number of aromatic nitrogens is 1. The van der Waals surface area contributed by atoms with Crippen LogP contribution in [0.5, 0.6) is 0 Å². The van der Waals surface area contributed by atoms with Crippen molar-refractivity contribution in [1.82, 2.24) is 4.98 Å². The van der Waals surface area contributed by atoms with Crippen LogP contribution in [0, 0.1) is 0 Å². The van der Waals surface area contributed by atoms with E-state index in [9.17, 15) is 5.11 Å². The second kappa shape index (κ2) is 6.90. The van der Waals surface area contributed by atoms with Crippen molar-refractivity contribution in [3.05, 3.63) is 28.1 Å². The first-order chi connectivity index (χ1) is 11.0. The van der Waals surface area contributed by atoms with Gasteiger partial charge in [-0.1, -0.05) is 0 Å². The number of hydrogen-bond donors (Lipinski definition) is 1. The van der Waals surface area contributed by atoms with Gasteiger partial charge >= 0.3 is 0 Å². The van der Waals surface area contributed by atoms with Gasteiger partial charge < -0.3 is 9.84 Å². The van der Waals surface area contributed by atoms with Crippen LogP contribution in [0.2, 0.25) is 0 Å². The van der Waals surface area contributed by atoms with Crippen LogP contribution in [0.1, 0.15) is 87.1 Å². The standard InChI is InChI=1S/C20H31NO2/c1-20(2,3)23-13-7-10-14-15-8-4-5-11-17(15)21-19-16(14)9-6-12-18(19)22/h18,22H,4-13H2,1-3H3. The average Bonchev–Trinajstić information content (AvgIpc) is 2.50. The van der Waals surface area contributed by atoms with Crippen molar-refractivity contribution in [3.8, 4) is 0 Å². The highest BCUT2D eigenvalue weighted by Gasteiger charge is 2.27. The van der Waals surface area contributed by atoms with E-state index in [1.807, 2.05) is 0 Å². The Morgan fingerprint density at radius 2 is 1.83 bits per heavy atom. The van der Waals surface area contributed by atoms with E-state index in [-0.39, 0.29) is 11.7 Å². The highest BCUT2D eigenvalue weighted by atomic mass is 16.5. The van der Waals surface area contributed by atoms with Crippen molar-refractivity contribution in [2.75, 3.05) is 6.61 Å². The highest BCUT2D eigenvalue weighted by Crippen LogP contribution is 2.36. The van der Waals surface area contributed by atoms with Crippen LogP contribution in [-0.4, -0.2) is 22.3 Å². The number of aliphatic hydroxyl groups is 1. The molecule has 1 atom stereocenters. The minimum atomic E-state index is -0.351. The lowest BCUT2D eigenvalue weighted by molar-refractivity contribution is -0.00388. The molecule has 3 heteroatoms. The van der Waals surface area contributed by atoms with E-state index in [4.69, 9.17) is 9.72 Å². The van der Waals surface area contributed by atoms with E-state index >= 15 is 0 Å². The number of hydrogen-bond acceptors (Lipinski definition) is 3. The number of pyridine rings is 1. The normalized spacial score (nSPS) is 21.0. The molecule has 2 aliphatic carbocycles. The third-order valence-electron chi connectivity index (χ3n) is 5.06. The van der Waals surface area contributed by atoms with Gasteiger partial charge in [0.25, 0.3) is 0 Å². The fourth-order valence-electron chi connectivity index (χ4n) is 3.98. The summed E-state index contributed by atoms with van der Waals surface area (Å²) in [6, 6.07) is 0. The second-order valence-electron chi connectivity index (χ2n) is 8.06.